The molecule has 29 heavy (non-hydrogen) atoms. The molecule has 2 aromatic rings. The van der Waals surface area contributed by atoms with Gasteiger partial charge in [-0.25, -0.2) is 0 Å². The van der Waals surface area contributed by atoms with E-state index >= 15 is 0 Å². The lowest BCUT2D eigenvalue weighted by molar-refractivity contribution is -0.120. The molecule has 1 amide bonds. The molecule has 0 aliphatic rings. The normalized spacial score (nSPS) is 11.7. The Morgan fingerprint density at radius 1 is 0.966 bits per heavy atom. The highest BCUT2D eigenvalue weighted by atomic mass is 16.5. The van der Waals surface area contributed by atoms with E-state index in [2.05, 4.69) is 5.32 Å². The first-order chi connectivity index (χ1) is 13.9. The molecule has 0 unspecified atom stereocenters. The van der Waals surface area contributed by atoms with Crippen LogP contribution < -0.4 is 24.3 Å². The molecule has 1 atom stereocenters. The number of amides is 1. The number of nitrogens with zero attached hydrogens (tertiary/aromatic N) is 1. The van der Waals surface area contributed by atoms with Crippen molar-refractivity contribution < 1.29 is 23.7 Å². The number of anilines is 1. The molecule has 1 N–H and O–H groups in total. The summed E-state index contributed by atoms with van der Waals surface area (Å²) in [6.07, 6.45) is 0. The van der Waals surface area contributed by atoms with Crippen molar-refractivity contribution in [2.75, 3.05) is 40.3 Å². The van der Waals surface area contributed by atoms with Crippen molar-refractivity contribution in [2.24, 2.45) is 0 Å². The van der Waals surface area contributed by atoms with Crippen LogP contribution in [0.2, 0.25) is 0 Å². The first kappa shape index (κ1) is 22.4. The summed E-state index contributed by atoms with van der Waals surface area (Å²) in [6.45, 7) is 4.95. The first-order valence-electron chi connectivity index (χ1n) is 9.46. The van der Waals surface area contributed by atoms with Gasteiger partial charge in [0.1, 0.15) is 0 Å². The van der Waals surface area contributed by atoms with Gasteiger partial charge < -0.3 is 24.3 Å². The Morgan fingerprint density at radius 2 is 1.59 bits per heavy atom. The zero-order valence-electron chi connectivity index (χ0n) is 17.9. The van der Waals surface area contributed by atoms with E-state index in [1.54, 1.807) is 39.5 Å². The van der Waals surface area contributed by atoms with Crippen LogP contribution in [0.3, 0.4) is 0 Å². The number of carbonyl (C=O) groups excluding carboxylic acids is 1. The molecule has 0 aliphatic heterocycles. The maximum absolute atomic E-state index is 12.7. The van der Waals surface area contributed by atoms with Crippen molar-refractivity contribution in [1.29, 1.82) is 0 Å². The number of nitrogens with one attached hydrogen (secondary N) is 1. The van der Waals surface area contributed by atoms with Crippen LogP contribution >= 0.6 is 0 Å². The maximum atomic E-state index is 12.7. The highest BCUT2D eigenvalue weighted by Crippen LogP contribution is 2.30. The van der Waals surface area contributed by atoms with Crippen molar-refractivity contribution in [3.8, 4) is 23.0 Å². The van der Waals surface area contributed by atoms with Gasteiger partial charge in [-0.3, -0.25) is 9.69 Å². The number of benzene rings is 2. The van der Waals surface area contributed by atoms with E-state index in [0.29, 0.717) is 41.8 Å². The van der Waals surface area contributed by atoms with Crippen LogP contribution in [0.1, 0.15) is 19.4 Å². The Hall–Kier alpha value is -2.93. The van der Waals surface area contributed by atoms with Gasteiger partial charge in [-0.15, -0.1) is 0 Å². The summed E-state index contributed by atoms with van der Waals surface area (Å²) in [7, 11) is 6.65. The van der Waals surface area contributed by atoms with Gasteiger partial charge in [-0.2, -0.15) is 0 Å². The lowest BCUT2D eigenvalue weighted by atomic mass is 10.1. The molecule has 158 valence electrons. The molecule has 2 rings (SSSR count). The zero-order valence-corrected chi connectivity index (χ0v) is 17.9. The molecule has 0 heterocycles. The summed E-state index contributed by atoms with van der Waals surface area (Å²) in [5.74, 6) is 2.45. The molecule has 2 aromatic carbocycles. The summed E-state index contributed by atoms with van der Waals surface area (Å²) in [5.41, 5.74) is 1.68. The van der Waals surface area contributed by atoms with Crippen molar-refractivity contribution >= 4 is 11.6 Å². The average molecular weight is 402 g/mol. The molecule has 0 saturated carbocycles. The Balaban J connectivity index is 2.04. The fraction of sp³-hybridized carbons (Fsp3) is 0.409. The summed E-state index contributed by atoms with van der Waals surface area (Å²) >= 11 is 0. The van der Waals surface area contributed by atoms with E-state index in [-0.39, 0.29) is 11.9 Å². The summed E-state index contributed by atoms with van der Waals surface area (Å²) < 4.78 is 21.5. The summed E-state index contributed by atoms with van der Waals surface area (Å²) in [6, 6.07) is 10.7. The Morgan fingerprint density at radius 3 is 2.21 bits per heavy atom. The van der Waals surface area contributed by atoms with Gasteiger partial charge in [0.05, 0.1) is 34.0 Å². The third-order valence-electron chi connectivity index (χ3n) is 4.65. The van der Waals surface area contributed by atoms with E-state index in [1.807, 2.05) is 44.0 Å². The molecule has 0 radical (unpaired) electrons. The van der Waals surface area contributed by atoms with E-state index in [0.717, 1.165) is 5.56 Å². The molecular formula is C22H30N2O5. The Labute approximate surface area is 172 Å². The zero-order chi connectivity index (χ0) is 21.4. The van der Waals surface area contributed by atoms with Gasteiger partial charge >= 0.3 is 0 Å². The van der Waals surface area contributed by atoms with Crippen LogP contribution in [0.5, 0.6) is 23.0 Å². The highest BCUT2D eigenvalue weighted by molar-refractivity contribution is 5.94. The van der Waals surface area contributed by atoms with Crippen molar-refractivity contribution in [1.82, 2.24) is 4.90 Å². The molecule has 0 spiro atoms. The molecule has 0 bridgehead atoms. The topological polar surface area (TPSA) is 69.3 Å². The SMILES string of the molecule is CCOc1ccc(CN(C)[C@H](C)C(=O)Nc2ccc(OC)c(OC)c2)cc1OC. The number of hydrogen-bond donors (Lipinski definition) is 1. The second-order valence-electron chi connectivity index (χ2n) is 6.57. The van der Waals surface area contributed by atoms with Crippen LogP contribution in [0.15, 0.2) is 36.4 Å². The van der Waals surface area contributed by atoms with Crippen LogP contribution in [0, 0.1) is 0 Å². The number of methoxy groups -OCH3 is 3. The van der Waals surface area contributed by atoms with Crippen LogP contribution in [0.25, 0.3) is 0 Å². The van der Waals surface area contributed by atoms with Crippen LogP contribution in [-0.4, -0.2) is 51.8 Å². The number of carbonyl (C=O) groups is 1. The lowest BCUT2D eigenvalue weighted by Crippen LogP contribution is -2.39. The van der Waals surface area contributed by atoms with Gasteiger partial charge in [0.2, 0.25) is 5.91 Å². The molecular weight excluding hydrogens is 372 g/mol. The lowest BCUT2D eigenvalue weighted by Gasteiger charge is -2.24. The molecule has 7 heteroatoms. The molecule has 0 saturated heterocycles. The standard InChI is InChI=1S/C22H30N2O5/c1-7-29-19-10-8-16(12-20(19)27-5)14-24(3)15(2)22(25)23-17-9-11-18(26-4)21(13-17)28-6/h8-13,15H,7,14H2,1-6H3,(H,23,25)/t15-/m1/s1. The molecule has 0 aliphatic carbocycles. The minimum absolute atomic E-state index is 0.113. The molecule has 0 fully saturated rings. The van der Waals surface area contributed by atoms with Crippen molar-refractivity contribution in [3.63, 3.8) is 0 Å². The molecule has 7 nitrogen and oxygen atoms in total. The fourth-order valence-electron chi connectivity index (χ4n) is 2.87. The molecule has 0 aromatic heterocycles. The monoisotopic (exact) mass is 402 g/mol. The number of rotatable bonds is 10. The largest absolute Gasteiger partial charge is 0.493 e. The third-order valence-corrected chi connectivity index (χ3v) is 4.65. The van der Waals surface area contributed by atoms with E-state index in [9.17, 15) is 4.79 Å². The number of hydrogen-bond acceptors (Lipinski definition) is 6. The van der Waals surface area contributed by atoms with Crippen LogP contribution in [0.4, 0.5) is 5.69 Å². The van der Waals surface area contributed by atoms with Gasteiger partial charge in [0.25, 0.3) is 0 Å². The highest BCUT2D eigenvalue weighted by Gasteiger charge is 2.19. The summed E-state index contributed by atoms with van der Waals surface area (Å²) in [5, 5.41) is 2.92. The quantitative estimate of drug-likeness (QED) is 0.655. The Kier molecular flexibility index (Phi) is 8.15. The number of ether oxygens (including phenoxy) is 4. The average Bonchev–Trinajstić information content (AvgIpc) is 2.74. The Bertz CT molecular complexity index is 825. The minimum Gasteiger partial charge on any atom is -0.493 e. The van der Waals surface area contributed by atoms with Crippen molar-refractivity contribution in [2.45, 2.75) is 26.4 Å². The van der Waals surface area contributed by atoms with Crippen LogP contribution in [-0.2, 0) is 11.3 Å². The third kappa shape index (κ3) is 5.77. The minimum atomic E-state index is -0.347. The fourth-order valence-corrected chi connectivity index (χ4v) is 2.87. The summed E-state index contributed by atoms with van der Waals surface area (Å²) in [4.78, 5) is 14.7. The predicted octanol–water partition coefficient (Wildman–Crippen LogP) is 3.57. The van der Waals surface area contributed by atoms with Crippen molar-refractivity contribution in [3.05, 3.63) is 42.0 Å². The predicted molar refractivity (Wildman–Crippen MR) is 113 cm³/mol. The second-order valence-corrected chi connectivity index (χ2v) is 6.57. The van der Waals surface area contributed by atoms with E-state index < -0.39 is 0 Å². The van der Waals surface area contributed by atoms with Gasteiger partial charge in [0.15, 0.2) is 23.0 Å². The van der Waals surface area contributed by atoms with E-state index in [1.165, 1.54) is 0 Å². The maximum Gasteiger partial charge on any atom is 0.241 e. The second kappa shape index (κ2) is 10.6. The van der Waals surface area contributed by atoms with Gasteiger partial charge in [0, 0.05) is 18.3 Å². The van der Waals surface area contributed by atoms with Gasteiger partial charge in [-0.1, -0.05) is 6.07 Å². The van der Waals surface area contributed by atoms with Gasteiger partial charge in [-0.05, 0) is 50.7 Å². The number of likely N-dealkylation sites (N-methyl/N-ethyl adjacent to an activating group) is 1. The van der Waals surface area contributed by atoms with E-state index in [4.69, 9.17) is 18.9 Å². The smallest absolute Gasteiger partial charge is 0.241 e. The first-order valence-corrected chi connectivity index (χ1v) is 9.46.